The number of hydrogen-bond donors (Lipinski definition) is 2. The fourth-order valence-electron chi connectivity index (χ4n) is 4.95. The van der Waals surface area contributed by atoms with E-state index < -0.39 is 5.66 Å². The van der Waals surface area contributed by atoms with Crippen molar-refractivity contribution in [1.29, 1.82) is 0 Å². The zero-order chi connectivity index (χ0) is 16.3. The van der Waals surface area contributed by atoms with Crippen molar-refractivity contribution < 1.29 is 14.3 Å². The summed E-state index contributed by atoms with van der Waals surface area (Å²) in [5.41, 5.74) is 0.990. The normalized spacial score (nSPS) is 36.6. The molecule has 3 fully saturated rings. The van der Waals surface area contributed by atoms with Gasteiger partial charge in [0, 0.05) is 24.8 Å². The zero-order valence-electron chi connectivity index (χ0n) is 13.5. The van der Waals surface area contributed by atoms with E-state index in [2.05, 4.69) is 10.6 Å². The van der Waals surface area contributed by atoms with E-state index in [1.807, 2.05) is 29.2 Å². The molecule has 0 aliphatic carbocycles. The minimum absolute atomic E-state index is 0.00324. The summed E-state index contributed by atoms with van der Waals surface area (Å²) < 4.78 is 5.61. The molecule has 4 heterocycles. The van der Waals surface area contributed by atoms with Gasteiger partial charge in [0.05, 0.1) is 11.6 Å². The van der Waals surface area contributed by atoms with Gasteiger partial charge in [0.2, 0.25) is 0 Å². The largest absolute Gasteiger partial charge is 0.368 e. The average Bonchev–Trinajstić information content (AvgIpc) is 3.29. The Morgan fingerprint density at radius 2 is 2.08 bits per heavy atom. The molecule has 126 valence electrons. The summed E-state index contributed by atoms with van der Waals surface area (Å²) in [6.45, 7) is 0.674. The highest BCUT2D eigenvalue weighted by molar-refractivity contribution is 6.02. The molecule has 1 spiro atoms. The van der Waals surface area contributed by atoms with E-state index >= 15 is 0 Å². The summed E-state index contributed by atoms with van der Waals surface area (Å²) in [4.78, 5) is 27.5. The number of amides is 2. The lowest BCUT2D eigenvalue weighted by Gasteiger charge is -2.43. The molecule has 2 bridgehead atoms. The average molecular weight is 327 g/mol. The molecule has 2 N–H and O–H groups in total. The first kappa shape index (κ1) is 14.3. The molecule has 5 rings (SSSR count). The smallest absolute Gasteiger partial charge is 0.255 e. The van der Waals surface area contributed by atoms with Crippen molar-refractivity contribution >= 4 is 17.5 Å². The molecule has 0 aromatic heterocycles. The van der Waals surface area contributed by atoms with E-state index in [9.17, 15) is 9.59 Å². The van der Waals surface area contributed by atoms with Gasteiger partial charge in [0.15, 0.2) is 0 Å². The van der Waals surface area contributed by atoms with Gasteiger partial charge >= 0.3 is 0 Å². The molecule has 4 aliphatic rings. The third-order valence-electron chi connectivity index (χ3n) is 5.95. The molecule has 24 heavy (non-hydrogen) atoms. The number of benzene rings is 1. The lowest BCUT2D eigenvalue weighted by atomic mass is 9.86. The Balaban J connectivity index is 1.47. The zero-order valence-corrected chi connectivity index (χ0v) is 13.5. The van der Waals surface area contributed by atoms with E-state index in [0.717, 1.165) is 37.8 Å². The van der Waals surface area contributed by atoms with Crippen molar-refractivity contribution in [3.05, 3.63) is 29.8 Å². The van der Waals surface area contributed by atoms with Crippen LogP contribution in [0.3, 0.4) is 0 Å². The second kappa shape index (κ2) is 4.96. The van der Waals surface area contributed by atoms with Gasteiger partial charge in [-0.15, -0.1) is 0 Å². The molecule has 6 heteroatoms. The Bertz CT molecular complexity index is 715. The maximum atomic E-state index is 12.9. The fourth-order valence-corrected chi connectivity index (χ4v) is 4.95. The first-order valence-electron chi connectivity index (χ1n) is 8.81. The quantitative estimate of drug-likeness (QED) is 0.820. The van der Waals surface area contributed by atoms with Crippen LogP contribution in [0.2, 0.25) is 0 Å². The number of rotatable bonds is 1. The number of anilines is 1. The van der Waals surface area contributed by atoms with E-state index in [-0.39, 0.29) is 30.0 Å². The Morgan fingerprint density at radius 1 is 1.21 bits per heavy atom. The Hall–Kier alpha value is -2.08. The molecule has 1 aromatic carbocycles. The second-order valence-electron chi connectivity index (χ2n) is 7.29. The van der Waals surface area contributed by atoms with Crippen molar-refractivity contribution in [2.24, 2.45) is 0 Å². The van der Waals surface area contributed by atoms with Crippen LogP contribution in [0, 0.1) is 0 Å². The monoisotopic (exact) mass is 327 g/mol. The van der Waals surface area contributed by atoms with Gasteiger partial charge < -0.3 is 20.3 Å². The molecule has 4 atom stereocenters. The highest BCUT2D eigenvalue weighted by atomic mass is 16.5. The van der Waals surface area contributed by atoms with Gasteiger partial charge in [-0.05, 0) is 37.8 Å². The maximum absolute atomic E-state index is 12.9. The Morgan fingerprint density at radius 3 is 2.92 bits per heavy atom. The predicted molar refractivity (Wildman–Crippen MR) is 87.5 cm³/mol. The van der Waals surface area contributed by atoms with Gasteiger partial charge in [-0.3, -0.25) is 9.59 Å². The lowest BCUT2D eigenvalue weighted by Crippen LogP contribution is -2.64. The van der Waals surface area contributed by atoms with Crippen molar-refractivity contribution in [2.75, 3.05) is 11.9 Å². The molecular weight excluding hydrogens is 306 g/mol. The summed E-state index contributed by atoms with van der Waals surface area (Å²) >= 11 is 0. The maximum Gasteiger partial charge on any atom is 0.255 e. The molecule has 6 nitrogen and oxygen atoms in total. The summed E-state index contributed by atoms with van der Waals surface area (Å²) in [6.07, 6.45) is 4.14. The Kier molecular flexibility index (Phi) is 2.95. The molecule has 2 amide bonds. The topological polar surface area (TPSA) is 70.7 Å². The van der Waals surface area contributed by atoms with Crippen molar-refractivity contribution in [3.8, 4) is 0 Å². The van der Waals surface area contributed by atoms with E-state index in [1.165, 1.54) is 0 Å². The molecular formula is C18H21N3O3. The molecule has 0 unspecified atom stereocenters. The molecule has 4 aliphatic heterocycles. The van der Waals surface area contributed by atoms with Crippen LogP contribution in [0.15, 0.2) is 24.3 Å². The van der Waals surface area contributed by atoms with Crippen LogP contribution >= 0.6 is 0 Å². The van der Waals surface area contributed by atoms with Crippen LogP contribution in [-0.4, -0.2) is 47.2 Å². The molecule has 1 aromatic rings. The number of nitrogens with zero attached hydrogens (tertiary/aromatic N) is 1. The van der Waals surface area contributed by atoms with E-state index in [0.29, 0.717) is 12.2 Å². The Labute approximate surface area is 140 Å². The van der Waals surface area contributed by atoms with Gasteiger partial charge in [-0.25, -0.2) is 0 Å². The number of nitrogens with one attached hydrogen (secondary N) is 2. The van der Waals surface area contributed by atoms with Crippen LogP contribution in [0.25, 0.3) is 0 Å². The van der Waals surface area contributed by atoms with Crippen molar-refractivity contribution in [2.45, 2.75) is 56.0 Å². The third-order valence-corrected chi connectivity index (χ3v) is 5.95. The van der Waals surface area contributed by atoms with Crippen LogP contribution in [0.5, 0.6) is 0 Å². The fraction of sp³-hybridized carbons (Fsp3) is 0.556. The number of hydrogen-bond acceptors (Lipinski definition) is 4. The summed E-state index contributed by atoms with van der Waals surface area (Å²) in [7, 11) is 0. The van der Waals surface area contributed by atoms with Crippen LogP contribution in [0.4, 0.5) is 5.69 Å². The van der Waals surface area contributed by atoms with Crippen molar-refractivity contribution in [1.82, 2.24) is 10.2 Å². The number of carbonyl (C=O) groups is 2. The number of ether oxygens (including phenoxy) is 1. The van der Waals surface area contributed by atoms with Crippen molar-refractivity contribution in [3.63, 3.8) is 0 Å². The first-order valence-corrected chi connectivity index (χ1v) is 8.81. The molecule has 3 saturated heterocycles. The van der Waals surface area contributed by atoms with Gasteiger partial charge in [-0.2, -0.15) is 0 Å². The van der Waals surface area contributed by atoms with Gasteiger partial charge in [-0.1, -0.05) is 12.1 Å². The van der Waals surface area contributed by atoms with Gasteiger partial charge in [0.1, 0.15) is 11.8 Å². The molecule has 0 radical (unpaired) electrons. The number of para-hydroxylation sites is 1. The first-order chi connectivity index (χ1) is 11.7. The lowest BCUT2D eigenvalue weighted by molar-refractivity contribution is -0.142. The van der Waals surface area contributed by atoms with Gasteiger partial charge in [0.25, 0.3) is 11.8 Å². The standard InChI is InChI=1S/C18H21N3O3/c22-16-12-4-1-2-5-13(12)19-18(20-16)10-11-7-8-15(18)21(11)17(23)14-6-3-9-24-14/h1-2,4-5,11,14-15,19H,3,6-10H2,(H,20,22)/t11-,14+,15+,18+/m1/s1. The summed E-state index contributed by atoms with van der Waals surface area (Å²) in [6, 6.07) is 7.75. The predicted octanol–water partition coefficient (Wildman–Crippen LogP) is 1.48. The van der Waals surface area contributed by atoms with Crippen LogP contribution in [-0.2, 0) is 9.53 Å². The summed E-state index contributed by atoms with van der Waals surface area (Å²) in [5.74, 6) is 0.0493. The minimum atomic E-state index is -0.539. The third kappa shape index (κ3) is 1.86. The number of fused-ring (bicyclic) bond motifs is 4. The second-order valence-corrected chi connectivity index (χ2v) is 7.29. The molecule has 0 saturated carbocycles. The number of carbonyl (C=O) groups excluding carboxylic acids is 2. The summed E-state index contributed by atoms with van der Waals surface area (Å²) in [5, 5.41) is 6.71. The van der Waals surface area contributed by atoms with Crippen LogP contribution in [0.1, 0.15) is 42.5 Å². The minimum Gasteiger partial charge on any atom is -0.368 e. The van der Waals surface area contributed by atoms with E-state index in [4.69, 9.17) is 4.74 Å². The van der Waals surface area contributed by atoms with E-state index in [1.54, 1.807) is 0 Å². The SMILES string of the molecule is O=C1N[C@]2(C[C@H]3CC[C@@H]2N3C(=O)[C@@H]2CCCO2)Nc2ccccc21. The van der Waals surface area contributed by atoms with Crippen LogP contribution < -0.4 is 10.6 Å². The highest BCUT2D eigenvalue weighted by Crippen LogP contribution is 2.47. The highest BCUT2D eigenvalue weighted by Gasteiger charge is 2.60.